The number of rotatable bonds is 5. The lowest BCUT2D eigenvalue weighted by atomic mass is 10.2. The molecule has 1 aromatic rings. The Kier molecular flexibility index (Phi) is 5.95. The number of nitrogens with zero attached hydrogens (tertiary/aromatic N) is 1. The highest BCUT2D eigenvalue weighted by Gasteiger charge is 2.24. The Morgan fingerprint density at radius 3 is 2.52 bits per heavy atom. The summed E-state index contributed by atoms with van der Waals surface area (Å²) >= 11 is 0. The molecule has 0 saturated heterocycles. The predicted octanol–water partition coefficient (Wildman–Crippen LogP) is 2.12. The average molecular weight is 298 g/mol. The average Bonchev–Trinajstić information content (AvgIpc) is 2.39. The summed E-state index contributed by atoms with van der Waals surface area (Å²) in [6.07, 6.45) is 0. The molecule has 0 aliphatic rings. The Bertz CT molecular complexity index is 573. The molecule has 0 radical (unpaired) electrons. The monoisotopic (exact) mass is 298 g/mol. The molecule has 0 bridgehead atoms. The topological polar surface area (TPSA) is 67.8 Å². The van der Waals surface area contributed by atoms with E-state index in [0.717, 1.165) is 12.1 Å². The van der Waals surface area contributed by atoms with Crippen LogP contribution in [0.3, 0.4) is 0 Å². The number of benzene rings is 1. The summed E-state index contributed by atoms with van der Waals surface area (Å²) in [6.45, 7) is 4.43. The van der Waals surface area contributed by atoms with Gasteiger partial charge in [-0.3, -0.25) is 9.79 Å². The second-order valence-corrected chi connectivity index (χ2v) is 4.23. The van der Waals surface area contributed by atoms with E-state index in [1.807, 2.05) is 0 Å². The van der Waals surface area contributed by atoms with Gasteiger partial charge in [0, 0.05) is 18.7 Å². The fraction of sp³-hybridized carbons (Fsp3) is 0.357. The fourth-order valence-corrected chi connectivity index (χ4v) is 1.59. The van der Waals surface area contributed by atoms with Gasteiger partial charge in [0.15, 0.2) is 11.9 Å². The van der Waals surface area contributed by atoms with Crippen LogP contribution >= 0.6 is 0 Å². The zero-order chi connectivity index (χ0) is 16.0. The van der Waals surface area contributed by atoms with Crippen LogP contribution in [0.5, 0.6) is 0 Å². The number of esters is 1. The highest BCUT2D eigenvalue weighted by atomic mass is 19.1. The molecule has 0 saturated carbocycles. The van der Waals surface area contributed by atoms with Crippen LogP contribution in [0.2, 0.25) is 0 Å². The third kappa shape index (κ3) is 4.94. The second-order valence-electron chi connectivity index (χ2n) is 4.23. The summed E-state index contributed by atoms with van der Waals surface area (Å²) in [5, 5.41) is 2.37. The van der Waals surface area contributed by atoms with Gasteiger partial charge < -0.3 is 10.1 Å². The molecular formula is C14H16F2N2O3. The van der Waals surface area contributed by atoms with Crippen molar-refractivity contribution in [2.75, 3.05) is 6.61 Å². The van der Waals surface area contributed by atoms with E-state index in [0.29, 0.717) is 6.07 Å². The first kappa shape index (κ1) is 16.7. The first-order chi connectivity index (χ1) is 9.85. The van der Waals surface area contributed by atoms with Gasteiger partial charge in [0.1, 0.15) is 5.82 Å². The maximum absolute atomic E-state index is 13.5. The number of carbonyl (C=O) groups is 2. The van der Waals surface area contributed by atoms with Crippen LogP contribution < -0.4 is 5.32 Å². The predicted molar refractivity (Wildman–Crippen MR) is 73.4 cm³/mol. The maximum atomic E-state index is 13.5. The SMILES string of the molecule is CCOC(=O)C(NC(C)=O)C(C)=Nc1ccc(F)cc1F. The minimum atomic E-state index is -1.12. The highest BCUT2D eigenvalue weighted by Crippen LogP contribution is 2.19. The Morgan fingerprint density at radius 2 is 2.00 bits per heavy atom. The van der Waals surface area contributed by atoms with Gasteiger partial charge in [0.25, 0.3) is 0 Å². The minimum Gasteiger partial charge on any atom is -0.464 e. The molecule has 0 spiro atoms. The van der Waals surface area contributed by atoms with Crippen LogP contribution in [-0.2, 0) is 14.3 Å². The van der Waals surface area contributed by atoms with Crippen LogP contribution in [0.15, 0.2) is 23.2 Å². The van der Waals surface area contributed by atoms with E-state index in [1.54, 1.807) is 6.92 Å². The number of nitrogens with one attached hydrogen (secondary N) is 1. The summed E-state index contributed by atoms with van der Waals surface area (Å²) in [5.41, 5.74) is 0.00251. The molecule has 1 rings (SSSR count). The van der Waals surface area contributed by atoms with Crippen molar-refractivity contribution in [2.24, 2.45) is 4.99 Å². The molecule has 1 aromatic carbocycles. The molecule has 1 amide bonds. The molecule has 21 heavy (non-hydrogen) atoms. The molecule has 5 nitrogen and oxygen atoms in total. The second kappa shape index (κ2) is 7.47. The van der Waals surface area contributed by atoms with Gasteiger partial charge in [-0.05, 0) is 26.0 Å². The van der Waals surface area contributed by atoms with Gasteiger partial charge in [0.2, 0.25) is 5.91 Å². The zero-order valence-corrected chi connectivity index (χ0v) is 11.9. The van der Waals surface area contributed by atoms with E-state index in [4.69, 9.17) is 4.74 Å². The number of hydrogen-bond donors (Lipinski definition) is 1. The first-order valence-corrected chi connectivity index (χ1v) is 6.29. The molecular weight excluding hydrogens is 282 g/mol. The summed E-state index contributed by atoms with van der Waals surface area (Å²) in [5.74, 6) is -2.74. The normalized spacial score (nSPS) is 12.7. The summed E-state index contributed by atoms with van der Waals surface area (Å²) < 4.78 is 31.2. The molecule has 1 N–H and O–H groups in total. The van der Waals surface area contributed by atoms with Gasteiger partial charge >= 0.3 is 5.97 Å². The lowest BCUT2D eigenvalue weighted by molar-refractivity contribution is -0.145. The maximum Gasteiger partial charge on any atom is 0.334 e. The first-order valence-electron chi connectivity index (χ1n) is 6.29. The van der Waals surface area contributed by atoms with E-state index >= 15 is 0 Å². The highest BCUT2D eigenvalue weighted by molar-refractivity contribution is 6.08. The molecule has 0 fully saturated rings. The van der Waals surface area contributed by atoms with Crippen molar-refractivity contribution in [3.05, 3.63) is 29.8 Å². The standard InChI is InChI=1S/C14H16F2N2O3/c1-4-21-14(20)13(18-9(3)19)8(2)17-12-6-5-10(15)7-11(12)16/h5-7,13H,4H2,1-3H3,(H,18,19). The third-order valence-electron chi connectivity index (χ3n) is 2.49. The molecule has 7 heteroatoms. The summed E-state index contributed by atoms with van der Waals surface area (Å²) in [4.78, 5) is 26.8. The molecule has 114 valence electrons. The van der Waals surface area contributed by atoms with Crippen molar-refractivity contribution < 1.29 is 23.1 Å². The van der Waals surface area contributed by atoms with Crippen molar-refractivity contribution in [3.8, 4) is 0 Å². The molecule has 1 atom stereocenters. The largest absolute Gasteiger partial charge is 0.464 e. The number of ether oxygens (including phenoxy) is 1. The van der Waals surface area contributed by atoms with Gasteiger partial charge in [-0.2, -0.15) is 0 Å². The van der Waals surface area contributed by atoms with E-state index in [1.165, 1.54) is 13.8 Å². The van der Waals surface area contributed by atoms with Crippen LogP contribution in [-0.4, -0.2) is 30.2 Å². The lowest BCUT2D eigenvalue weighted by Gasteiger charge is -2.16. The van der Waals surface area contributed by atoms with Crippen molar-refractivity contribution in [1.29, 1.82) is 0 Å². The molecule has 0 heterocycles. The van der Waals surface area contributed by atoms with E-state index in [-0.39, 0.29) is 18.0 Å². The molecule has 0 aliphatic carbocycles. The third-order valence-corrected chi connectivity index (χ3v) is 2.49. The van der Waals surface area contributed by atoms with Crippen molar-refractivity contribution >= 4 is 23.3 Å². The molecule has 1 unspecified atom stereocenters. The number of aliphatic imine (C=N–C) groups is 1. The molecule has 0 aliphatic heterocycles. The Morgan fingerprint density at radius 1 is 1.33 bits per heavy atom. The van der Waals surface area contributed by atoms with Crippen molar-refractivity contribution in [1.82, 2.24) is 5.32 Å². The number of carbonyl (C=O) groups excluding carboxylic acids is 2. The fourth-order valence-electron chi connectivity index (χ4n) is 1.59. The number of halogens is 2. The Balaban J connectivity index is 3.08. The zero-order valence-electron chi connectivity index (χ0n) is 11.9. The van der Waals surface area contributed by atoms with Crippen LogP contribution in [0.25, 0.3) is 0 Å². The van der Waals surface area contributed by atoms with E-state index in [2.05, 4.69) is 10.3 Å². The quantitative estimate of drug-likeness (QED) is 0.669. The van der Waals surface area contributed by atoms with Crippen LogP contribution in [0.1, 0.15) is 20.8 Å². The van der Waals surface area contributed by atoms with Crippen molar-refractivity contribution in [2.45, 2.75) is 26.8 Å². The van der Waals surface area contributed by atoms with Crippen molar-refractivity contribution in [3.63, 3.8) is 0 Å². The lowest BCUT2D eigenvalue weighted by Crippen LogP contribution is -2.45. The Labute approximate surface area is 121 Å². The van der Waals surface area contributed by atoms with Crippen LogP contribution in [0, 0.1) is 11.6 Å². The number of amides is 1. The van der Waals surface area contributed by atoms with Gasteiger partial charge in [-0.1, -0.05) is 0 Å². The summed E-state index contributed by atoms with van der Waals surface area (Å²) in [6, 6.07) is 1.76. The van der Waals surface area contributed by atoms with Gasteiger partial charge in [0.05, 0.1) is 12.3 Å². The summed E-state index contributed by atoms with van der Waals surface area (Å²) in [7, 11) is 0. The van der Waals surface area contributed by atoms with Gasteiger partial charge in [-0.25, -0.2) is 13.6 Å². The molecule has 0 aromatic heterocycles. The Hall–Kier alpha value is -2.31. The van der Waals surface area contributed by atoms with E-state index < -0.39 is 29.6 Å². The number of hydrogen-bond acceptors (Lipinski definition) is 4. The van der Waals surface area contributed by atoms with Gasteiger partial charge in [-0.15, -0.1) is 0 Å². The van der Waals surface area contributed by atoms with E-state index in [9.17, 15) is 18.4 Å². The smallest absolute Gasteiger partial charge is 0.334 e. The van der Waals surface area contributed by atoms with Crippen LogP contribution in [0.4, 0.5) is 14.5 Å². The minimum absolute atomic E-state index is 0.131.